The number of anilines is 1. The van der Waals surface area contributed by atoms with E-state index in [4.69, 9.17) is 16.3 Å². The zero-order chi connectivity index (χ0) is 22.3. The Bertz CT molecular complexity index is 1030. The molecular weight excluding hydrogens is 414 g/mol. The van der Waals surface area contributed by atoms with Crippen LogP contribution in [0.1, 0.15) is 45.2 Å². The fourth-order valence-corrected chi connectivity index (χ4v) is 3.76. The minimum atomic E-state index is -2.59. The summed E-state index contributed by atoms with van der Waals surface area (Å²) >= 11 is 5.88. The van der Waals surface area contributed by atoms with Crippen LogP contribution in [0.15, 0.2) is 24.4 Å². The predicted octanol–water partition coefficient (Wildman–Crippen LogP) is 5.34. The summed E-state index contributed by atoms with van der Waals surface area (Å²) in [5, 5.41) is 9.80. The van der Waals surface area contributed by atoms with E-state index in [9.17, 15) is 18.8 Å². The number of alkyl halides is 2. The molecule has 0 N–H and O–H groups in total. The van der Waals surface area contributed by atoms with Gasteiger partial charge in [-0.15, -0.1) is 0 Å². The van der Waals surface area contributed by atoms with Crippen molar-refractivity contribution in [2.24, 2.45) is 0 Å². The van der Waals surface area contributed by atoms with Crippen molar-refractivity contribution >= 4 is 23.4 Å². The van der Waals surface area contributed by atoms with Crippen molar-refractivity contribution < 1.29 is 18.3 Å². The number of carbonyl (C=O) groups is 1. The van der Waals surface area contributed by atoms with E-state index >= 15 is 0 Å². The van der Waals surface area contributed by atoms with Gasteiger partial charge in [-0.05, 0) is 56.1 Å². The molecule has 0 aliphatic carbocycles. The van der Waals surface area contributed by atoms with E-state index in [-0.39, 0.29) is 17.4 Å². The molecule has 0 radical (unpaired) electrons. The lowest BCUT2D eigenvalue weighted by Gasteiger charge is -2.27. The standard InChI is InChI=1S/C21H21ClF2N4O2/c1-20(2,3)30-19(29)28-11-21(4,9-16(23)24)14-8-12(7-13(10-25)17(14)28)15-5-6-26-18(22)27-15/h5-8,16H,9,11H2,1-4H3. The quantitative estimate of drug-likeness (QED) is 0.609. The maximum atomic E-state index is 13.4. The van der Waals surface area contributed by atoms with Gasteiger partial charge in [0.05, 0.1) is 16.9 Å². The van der Waals surface area contributed by atoms with Gasteiger partial charge in [0.15, 0.2) is 0 Å². The summed E-state index contributed by atoms with van der Waals surface area (Å²) in [6.45, 7) is 6.78. The van der Waals surface area contributed by atoms with E-state index in [1.54, 1.807) is 45.9 Å². The third kappa shape index (κ3) is 4.36. The van der Waals surface area contributed by atoms with Crippen LogP contribution in [0, 0.1) is 11.3 Å². The van der Waals surface area contributed by atoms with Gasteiger partial charge in [0, 0.05) is 30.1 Å². The first kappa shape index (κ1) is 21.9. The molecule has 0 spiro atoms. The lowest BCUT2D eigenvalue weighted by molar-refractivity contribution is 0.0568. The number of carbonyl (C=O) groups excluding carboxylic acids is 1. The maximum absolute atomic E-state index is 13.4. The number of benzene rings is 1. The van der Waals surface area contributed by atoms with Crippen LogP contribution in [0.3, 0.4) is 0 Å². The number of ether oxygens (including phenoxy) is 1. The fraction of sp³-hybridized carbons (Fsp3) is 0.429. The van der Waals surface area contributed by atoms with Crippen LogP contribution in [0.5, 0.6) is 0 Å². The first-order valence-corrected chi connectivity index (χ1v) is 9.67. The molecule has 158 valence electrons. The number of rotatable bonds is 3. The smallest absolute Gasteiger partial charge is 0.414 e. The lowest BCUT2D eigenvalue weighted by Crippen LogP contribution is -2.40. The van der Waals surface area contributed by atoms with Crippen LogP contribution >= 0.6 is 11.6 Å². The molecule has 0 bridgehead atoms. The summed E-state index contributed by atoms with van der Waals surface area (Å²) < 4.78 is 32.4. The number of halogens is 3. The molecule has 1 atom stereocenters. The Morgan fingerprint density at radius 3 is 2.70 bits per heavy atom. The molecule has 1 aromatic carbocycles. The first-order chi connectivity index (χ1) is 13.9. The lowest BCUT2D eigenvalue weighted by atomic mass is 9.80. The predicted molar refractivity (Wildman–Crippen MR) is 109 cm³/mol. The Morgan fingerprint density at radius 1 is 1.43 bits per heavy atom. The average Bonchev–Trinajstić information content (AvgIpc) is 2.92. The molecule has 0 fully saturated rings. The van der Waals surface area contributed by atoms with Crippen molar-refractivity contribution in [2.45, 2.75) is 51.6 Å². The molecule has 1 aromatic heterocycles. The van der Waals surface area contributed by atoms with Gasteiger partial charge in [0.2, 0.25) is 11.7 Å². The minimum Gasteiger partial charge on any atom is -0.443 e. The van der Waals surface area contributed by atoms with Gasteiger partial charge in [-0.1, -0.05) is 6.92 Å². The normalized spacial score (nSPS) is 18.3. The zero-order valence-electron chi connectivity index (χ0n) is 17.0. The highest BCUT2D eigenvalue weighted by molar-refractivity contribution is 6.28. The topological polar surface area (TPSA) is 79.1 Å². The van der Waals surface area contributed by atoms with Gasteiger partial charge in [0.1, 0.15) is 11.7 Å². The SMILES string of the molecule is CC(C)(C)OC(=O)N1CC(C)(CC(F)F)c2cc(-c3ccnc(Cl)n3)cc(C#N)c21. The molecule has 3 rings (SSSR count). The number of fused-ring (bicyclic) bond motifs is 1. The highest BCUT2D eigenvalue weighted by Crippen LogP contribution is 2.47. The Labute approximate surface area is 178 Å². The van der Waals surface area contributed by atoms with Crippen LogP contribution in [0.4, 0.5) is 19.3 Å². The van der Waals surface area contributed by atoms with E-state index in [0.717, 1.165) is 0 Å². The molecule has 2 aromatic rings. The summed E-state index contributed by atoms with van der Waals surface area (Å²) in [6, 6.07) is 6.93. The highest BCUT2D eigenvalue weighted by Gasteiger charge is 2.46. The number of aromatic nitrogens is 2. The van der Waals surface area contributed by atoms with E-state index < -0.39 is 30.0 Å². The zero-order valence-corrected chi connectivity index (χ0v) is 17.8. The monoisotopic (exact) mass is 434 g/mol. The summed E-state index contributed by atoms with van der Waals surface area (Å²) in [4.78, 5) is 22.1. The second-order valence-electron chi connectivity index (χ2n) is 8.47. The van der Waals surface area contributed by atoms with Crippen LogP contribution in [-0.2, 0) is 10.2 Å². The fourth-order valence-electron chi connectivity index (χ4n) is 3.62. The van der Waals surface area contributed by atoms with Crippen molar-refractivity contribution in [3.63, 3.8) is 0 Å². The van der Waals surface area contributed by atoms with Crippen molar-refractivity contribution in [1.82, 2.24) is 9.97 Å². The van der Waals surface area contributed by atoms with E-state index in [0.29, 0.717) is 22.5 Å². The molecule has 1 aliphatic heterocycles. The van der Waals surface area contributed by atoms with Crippen molar-refractivity contribution in [3.8, 4) is 17.3 Å². The third-order valence-corrected chi connectivity index (χ3v) is 4.98. The molecule has 9 heteroatoms. The summed E-state index contributed by atoms with van der Waals surface area (Å²) in [5.41, 5.74) is 0.0604. The number of nitriles is 1. The number of nitrogens with zero attached hydrogens (tertiary/aromatic N) is 4. The van der Waals surface area contributed by atoms with Crippen LogP contribution in [0.25, 0.3) is 11.3 Å². The van der Waals surface area contributed by atoms with Gasteiger partial charge in [0.25, 0.3) is 0 Å². The van der Waals surface area contributed by atoms with Gasteiger partial charge in [-0.25, -0.2) is 23.5 Å². The molecular formula is C21H21ClF2N4O2. The molecule has 30 heavy (non-hydrogen) atoms. The molecule has 1 amide bonds. The van der Waals surface area contributed by atoms with Gasteiger partial charge < -0.3 is 4.74 Å². The van der Waals surface area contributed by atoms with Crippen LogP contribution < -0.4 is 4.90 Å². The summed E-state index contributed by atoms with van der Waals surface area (Å²) in [5.74, 6) is 0. The second-order valence-corrected chi connectivity index (χ2v) is 8.80. The van der Waals surface area contributed by atoms with Crippen molar-refractivity contribution in [1.29, 1.82) is 5.26 Å². The Hall–Kier alpha value is -2.79. The number of hydrogen-bond acceptors (Lipinski definition) is 5. The van der Waals surface area contributed by atoms with Crippen LogP contribution in [0.2, 0.25) is 5.28 Å². The Kier molecular flexibility index (Phi) is 5.70. The Morgan fingerprint density at radius 2 is 2.13 bits per heavy atom. The van der Waals surface area contributed by atoms with E-state index in [1.807, 2.05) is 0 Å². The van der Waals surface area contributed by atoms with E-state index in [1.165, 1.54) is 11.1 Å². The number of amides is 1. The van der Waals surface area contributed by atoms with Gasteiger partial charge in [-0.3, -0.25) is 4.90 Å². The molecule has 0 saturated carbocycles. The third-order valence-electron chi connectivity index (χ3n) is 4.80. The van der Waals surface area contributed by atoms with E-state index in [2.05, 4.69) is 16.0 Å². The number of hydrogen-bond donors (Lipinski definition) is 0. The highest BCUT2D eigenvalue weighted by atomic mass is 35.5. The van der Waals surface area contributed by atoms with Gasteiger partial charge >= 0.3 is 6.09 Å². The van der Waals surface area contributed by atoms with Gasteiger partial charge in [-0.2, -0.15) is 5.26 Å². The minimum absolute atomic E-state index is 0.0236. The molecule has 0 saturated heterocycles. The second kappa shape index (κ2) is 7.80. The Balaban J connectivity index is 2.19. The molecule has 2 heterocycles. The molecule has 1 aliphatic rings. The molecule has 6 nitrogen and oxygen atoms in total. The maximum Gasteiger partial charge on any atom is 0.414 e. The largest absolute Gasteiger partial charge is 0.443 e. The first-order valence-electron chi connectivity index (χ1n) is 9.30. The average molecular weight is 435 g/mol. The molecule has 1 unspecified atom stereocenters. The van der Waals surface area contributed by atoms with Crippen LogP contribution in [-0.4, -0.2) is 34.6 Å². The summed E-state index contributed by atoms with van der Waals surface area (Å²) in [6.07, 6.45) is -2.28. The van der Waals surface area contributed by atoms with Crippen molar-refractivity contribution in [2.75, 3.05) is 11.4 Å². The van der Waals surface area contributed by atoms with Crippen molar-refractivity contribution in [3.05, 3.63) is 40.8 Å². The summed E-state index contributed by atoms with van der Waals surface area (Å²) in [7, 11) is 0.